The van der Waals surface area contributed by atoms with Crippen molar-refractivity contribution in [2.45, 2.75) is 19.9 Å². The summed E-state index contributed by atoms with van der Waals surface area (Å²) >= 11 is 0. The molecule has 16 heavy (non-hydrogen) atoms. The highest BCUT2D eigenvalue weighted by Gasteiger charge is 2.14. The summed E-state index contributed by atoms with van der Waals surface area (Å²) in [6.07, 6.45) is 1.73. The van der Waals surface area contributed by atoms with Crippen LogP contribution in [-0.2, 0) is 0 Å². The minimum Gasteiger partial charge on any atom is -0.399 e. The molecule has 1 aromatic rings. The predicted molar refractivity (Wildman–Crippen MR) is 69.5 cm³/mol. The van der Waals surface area contributed by atoms with Gasteiger partial charge in [0.15, 0.2) is 0 Å². The largest absolute Gasteiger partial charge is 0.399 e. The van der Waals surface area contributed by atoms with Crippen LogP contribution in [0.2, 0.25) is 0 Å². The van der Waals surface area contributed by atoms with Gasteiger partial charge in [-0.25, -0.2) is 4.98 Å². The van der Waals surface area contributed by atoms with Gasteiger partial charge >= 0.3 is 0 Å². The van der Waals surface area contributed by atoms with E-state index in [1.165, 1.54) is 0 Å². The van der Waals surface area contributed by atoms with Crippen LogP contribution in [-0.4, -0.2) is 36.6 Å². The zero-order valence-corrected chi connectivity index (χ0v) is 10.6. The van der Waals surface area contributed by atoms with Crippen molar-refractivity contribution < 1.29 is 0 Å². The number of nitrogen functional groups attached to an aromatic ring is 1. The van der Waals surface area contributed by atoms with E-state index in [9.17, 15) is 0 Å². The van der Waals surface area contributed by atoms with Crippen LogP contribution in [0.1, 0.15) is 13.8 Å². The Morgan fingerprint density at radius 3 is 2.62 bits per heavy atom. The van der Waals surface area contributed by atoms with Crippen molar-refractivity contribution in [3.63, 3.8) is 0 Å². The fourth-order valence-electron chi connectivity index (χ4n) is 1.53. The van der Waals surface area contributed by atoms with Crippen molar-refractivity contribution in [2.24, 2.45) is 5.92 Å². The Morgan fingerprint density at radius 1 is 1.44 bits per heavy atom. The third-order valence-corrected chi connectivity index (χ3v) is 2.48. The molecular formula is C12H22N4. The van der Waals surface area contributed by atoms with Gasteiger partial charge in [0.25, 0.3) is 0 Å². The Bertz CT molecular complexity index is 323. The van der Waals surface area contributed by atoms with Crippen LogP contribution in [0.15, 0.2) is 18.3 Å². The Labute approximate surface area is 97.9 Å². The number of nitrogens with one attached hydrogen (secondary N) is 1. The van der Waals surface area contributed by atoms with Gasteiger partial charge in [0.1, 0.15) is 5.82 Å². The summed E-state index contributed by atoms with van der Waals surface area (Å²) < 4.78 is 0. The van der Waals surface area contributed by atoms with Crippen LogP contribution in [0.5, 0.6) is 0 Å². The normalized spacial score (nSPS) is 13.1. The van der Waals surface area contributed by atoms with Gasteiger partial charge in [-0.1, -0.05) is 13.8 Å². The standard InChI is InChI=1S/C12H22N4/c1-9(2)11(8-16(3)4)15-12-7-10(13)5-6-14-12/h5-7,9,11H,8H2,1-4H3,(H3,13,14,15). The van der Waals surface area contributed by atoms with E-state index in [4.69, 9.17) is 5.73 Å². The second-order valence-corrected chi connectivity index (χ2v) is 4.73. The third-order valence-electron chi connectivity index (χ3n) is 2.48. The summed E-state index contributed by atoms with van der Waals surface area (Å²) in [4.78, 5) is 6.43. The third kappa shape index (κ3) is 4.06. The number of hydrogen-bond acceptors (Lipinski definition) is 4. The smallest absolute Gasteiger partial charge is 0.128 e. The zero-order valence-electron chi connectivity index (χ0n) is 10.6. The number of nitrogens with zero attached hydrogens (tertiary/aromatic N) is 2. The number of rotatable bonds is 5. The van der Waals surface area contributed by atoms with Crippen LogP contribution in [0.25, 0.3) is 0 Å². The molecule has 3 N–H and O–H groups in total. The zero-order chi connectivity index (χ0) is 12.1. The first kappa shape index (κ1) is 12.8. The van der Waals surface area contributed by atoms with Crippen LogP contribution >= 0.6 is 0 Å². The molecule has 0 spiro atoms. The van der Waals surface area contributed by atoms with Crippen molar-refractivity contribution in [2.75, 3.05) is 31.7 Å². The van der Waals surface area contributed by atoms with E-state index in [1.807, 2.05) is 6.07 Å². The van der Waals surface area contributed by atoms with Crippen molar-refractivity contribution in [3.05, 3.63) is 18.3 Å². The molecule has 0 aliphatic heterocycles. The van der Waals surface area contributed by atoms with E-state index in [0.717, 1.165) is 18.1 Å². The molecule has 1 heterocycles. The first-order valence-electron chi connectivity index (χ1n) is 5.62. The molecule has 1 atom stereocenters. The number of likely N-dealkylation sites (N-methyl/N-ethyl adjacent to an activating group) is 1. The van der Waals surface area contributed by atoms with Crippen molar-refractivity contribution >= 4 is 11.5 Å². The molecule has 0 aliphatic rings. The maximum atomic E-state index is 5.72. The van der Waals surface area contributed by atoms with Gasteiger partial charge in [-0.3, -0.25) is 0 Å². The number of anilines is 2. The van der Waals surface area contributed by atoms with Crippen molar-refractivity contribution in [3.8, 4) is 0 Å². The molecule has 0 aromatic carbocycles. The first-order chi connectivity index (χ1) is 7.49. The number of aromatic nitrogens is 1. The summed E-state index contributed by atoms with van der Waals surface area (Å²) in [5, 5.41) is 3.42. The highest BCUT2D eigenvalue weighted by Crippen LogP contribution is 2.13. The topological polar surface area (TPSA) is 54.2 Å². The van der Waals surface area contributed by atoms with Gasteiger partial charge in [0.05, 0.1) is 0 Å². The van der Waals surface area contributed by atoms with Crippen LogP contribution in [0, 0.1) is 5.92 Å². The number of nitrogens with two attached hydrogens (primary N) is 1. The average molecular weight is 222 g/mol. The second-order valence-electron chi connectivity index (χ2n) is 4.73. The minimum absolute atomic E-state index is 0.379. The summed E-state index contributed by atoms with van der Waals surface area (Å²) in [7, 11) is 4.15. The molecule has 1 rings (SSSR count). The lowest BCUT2D eigenvalue weighted by Gasteiger charge is -2.26. The number of hydrogen-bond donors (Lipinski definition) is 2. The lowest BCUT2D eigenvalue weighted by Crippen LogP contribution is -2.36. The molecule has 0 amide bonds. The van der Waals surface area contributed by atoms with E-state index >= 15 is 0 Å². The van der Waals surface area contributed by atoms with E-state index in [-0.39, 0.29) is 0 Å². The molecular weight excluding hydrogens is 200 g/mol. The lowest BCUT2D eigenvalue weighted by atomic mass is 10.0. The van der Waals surface area contributed by atoms with Crippen molar-refractivity contribution in [1.82, 2.24) is 9.88 Å². The van der Waals surface area contributed by atoms with Gasteiger partial charge in [0, 0.05) is 30.5 Å². The van der Waals surface area contributed by atoms with Crippen LogP contribution < -0.4 is 11.1 Å². The van der Waals surface area contributed by atoms with Gasteiger partial charge in [-0.2, -0.15) is 0 Å². The monoisotopic (exact) mass is 222 g/mol. The summed E-state index contributed by atoms with van der Waals surface area (Å²) in [5.74, 6) is 1.39. The quantitative estimate of drug-likeness (QED) is 0.795. The van der Waals surface area contributed by atoms with E-state index in [0.29, 0.717) is 12.0 Å². The molecule has 0 aliphatic carbocycles. The molecule has 1 unspecified atom stereocenters. The van der Waals surface area contributed by atoms with Crippen LogP contribution in [0.4, 0.5) is 11.5 Å². The van der Waals surface area contributed by atoms with Crippen LogP contribution in [0.3, 0.4) is 0 Å². The van der Waals surface area contributed by atoms with E-state index < -0.39 is 0 Å². The summed E-state index contributed by atoms with van der Waals surface area (Å²) in [6, 6.07) is 4.04. The highest BCUT2D eigenvalue weighted by atomic mass is 15.1. The summed E-state index contributed by atoms with van der Waals surface area (Å²) in [5.41, 5.74) is 6.46. The Hall–Kier alpha value is -1.29. The Balaban J connectivity index is 2.68. The molecule has 4 heteroatoms. The van der Waals surface area contributed by atoms with E-state index in [2.05, 4.69) is 43.1 Å². The molecule has 0 radical (unpaired) electrons. The van der Waals surface area contributed by atoms with Crippen molar-refractivity contribution in [1.29, 1.82) is 0 Å². The second kappa shape index (κ2) is 5.70. The SMILES string of the molecule is CC(C)C(CN(C)C)Nc1cc(N)ccn1. The molecule has 0 fully saturated rings. The molecule has 0 saturated heterocycles. The maximum Gasteiger partial charge on any atom is 0.128 e. The highest BCUT2D eigenvalue weighted by molar-refractivity contribution is 5.48. The molecule has 4 nitrogen and oxygen atoms in total. The summed E-state index contributed by atoms with van der Waals surface area (Å²) in [6.45, 7) is 5.38. The molecule has 1 aromatic heterocycles. The van der Waals surface area contributed by atoms with Gasteiger partial charge in [-0.15, -0.1) is 0 Å². The molecule has 0 bridgehead atoms. The van der Waals surface area contributed by atoms with Gasteiger partial charge < -0.3 is 16.0 Å². The maximum absolute atomic E-state index is 5.72. The number of pyridine rings is 1. The molecule has 0 saturated carbocycles. The lowest BCUT2D eigenvalue weighted by molar-refractivity contribution is 0.344. The Kier molecular flexibility index (Phi) is 4.55. The average Bonchev–Trinajstić information content (AvgIpc) is 2.15. The van der Waals surface area contributed by atoms with Gasteiger partial charge in [0.2, 0.25) is 0 Å². The minimum atomic E-state index is 0.379. The van der Waals surface area contributed by atoms with E-state index in [1.54, 1.807) is 12.3 Å². The first-order valence-corrected chi connectivity index (χ1v) is 5.62. The molecule has 90 valence electrons. The fourth-order valence-corrected chi connectivity index (χ4v) is 1.53. The Morgan fingerprint density at radius 2 is 2.12 bits per heavy atom. The predicted octanol–water partition coefficient (Wildman–Crippen LogP) is 1.66. The fraction of sp³-hybridized carbons (Fsp3) is 0.583. The van der Waals surface area contributed by atoms with Gasteiger partial charge in [-0.05, 0) is 26.1 Å².